The molecule has 4 heterocycles. The van der Waals surface area contributed by atoms with Crippen molar-refractivity contribution in [3.8, 4) is 0 Å². The fourth-order valence-corrected chi connectivity index (χ4v) is 14.5. The maximum atomic E-state index is 14.1. The van der Waals surface area contributed by atoms with E-state index in [1.807, 2.05) is 65.8 Å². The van der Waals surface area contributed by atoms with Crippen molar-refractivity contribution in [1.29, 1.82) is 0 Å². The smallest absolute Gasteiger partial charge is 0.333 e. The third kappa shape index (κ3) is 27.4. The molecule has 0 saturated carbocycles. The summed E-state index contributed by atoms with van der Waals surface area (Å²) in [5.74, 6) is -5.76. The highest BCUT2D eigenvalue weighted by Gasteiger charge is 2.42. The number of esters is 1. The Labute approximate surface area is 562 Å². The van der Waals surface area contributed by atoms with E-state index in [1.165, 1.54) is 13.0 Å². The molecule has 0 radical (unpaired) electrons. The molecule has 30 atom stereocenters. The maximum Gasteiger partial charge on any atom is 0.333 e. The second-order valence-electron chi connectivity index (χ2n) is 29.2. The van der Waals surface area contributed by atoms with Crippen LogP contribution in [-0.2, 0) is 47.5 Å². The maximum absolute atomic E-state index is 14.1. The zero-order valence-electron chi connectivity index (χ0n) is 59.5. The predicted molar refractivity (Wildman–Crippen MR) is 358 cm³/mol. The van der Waals surface area contributed by atoms with E-state index < -0.39 is 139 Å². The van der Waals surface area contributed by atoms with Crippen LogP contribution in [0.2, 0.25) is 0 Å². The highest BCUT2D eigenvalue weighted by molar-refractivity contribution is 5.88. The van der Waals surface area contributed by atoms with Gasteiger partial charge in [0.1, 0.15) is 6.10 Å². The van der Waals surface area contributed by atoms with Crippen LogP contribution in [0.25, 0.3) is 0 Å². The number of carbonyl (C=O) groups is 2. The molecule has 2 saturated heterocycles. The molecule has 0 aliphatic carbocycles. The van der Waals surface area contributed by atoms with Gasteiger partial charge in [-0.3, -0.25) is 0 Å². The van der Waals surface area contributed by atoms with Gasteiger partial charge in [-0.1, -0.05) is 91.8 Å². The monoisotopic (exact) mass is 1340 g/mol. The zero-order chi connectivity index (χ0) is 70.3. The molecule has 4 aliphatic rings. The van der Waals surface area contributed by atoms with Gasteiger partial charge in [0.15, 0.2) is 0 Å². The lowest BCUT2D eigenvalue weighted by Crippen LogP contribution is -2.46. The van der Waals surface area contributed by atoms with Crippen molar-refractivity contribution >= 4 is 11.9 Å². The number of aliphatic hydroxyl groups is 10. The van der Waals surface area contributed by atoms with E-state index in [-0.39, 0.29) is 104 Å². The lowest BCUT2D eigenvalue weighted by Gasteiger charge is -2.38. The number of rotatable bonds is 42. The van der Waals surface area contributed by atoms with Gasteiger partial charge in [0, 0.05) is 93.7 Å². The number of carbonyl (C=O) groups excluding carboxylic acids is 1. The minimum absolute atomic E-state index is 0.0196. The van der Waals surface area contributed by atoms with Gasteiger partial charge in [0.25, 0.3) is 0 Å². The van der Waals surface area contributed by atoms with Crippen LogP contribution in [0.15, 0.2) is 47.6 Å². The van der Waals surface area contributed by atoms with Gasteiger partial charge < -0.3 is 94.1 Å². The average molecular weight is 1340 g/mol. The van der Waals surface area contributed by atoms with Crippen LogP contribution < -0.4 is 0 Å². The molecule has 0 bridgehead atoms. The third-order valence-corrected chi connectivity index (χ3v) is 21.4. The van der Waals surface area contributed by atoms with Crippen molar-refractivity contribution in [2.24, 2.45) is 47.3 Å². The number of carboxylic acids is 1. The van der Waals surface area contributed by atoms with Crippen molar-refractivity contribution in [2.45, 2.75) is 333 Å². The van der Waals surface area contributed by atoms with Gasteiger partial charge in [-0.2, -0.15) is 0 Å². The molecule has 546 valence electrons. The van der Waals surface area contributed by atoms with E-state index in [0.29, 0.717) is 57.8 Å². The summed E-state index contributed by atoms with van der Waals surface area (Å²) in [7, 11) is 4.83. The average Bonchev–Trinajstić information content (AvgIpc) is 0.893. The number of hydrogen-bond donors (Lipinski definition) is 11. The summed E-state index contributed by atoms with van der Waals surface area (Å²) < 4.78 is 48.7. The van der Waals surface area contributed by atoms with Crippen LogP contribution >= 0.6 is 0 Å². The summed E-state index contributed by atoms with van der Waals surface area (Å²) in [5, 5.41) is 123. The molecule has 0 spiro atoms. The minimum atomic E-state index is -1.21. The largest absolute Gasteiger partial charge is 0.478 e. The van der Waals surface area contributed by atoms with Crippen molar-refractivity contribution < 1.29 is 104 Å². The Morgan fingerprint density at radius 3 is 1.41 bits per heavy atom. The lowest BCUT2D eigenvalue weighted by atomic mass is 9.78. The summed E-state index contributed by atoms with van der Waals surface area (Å²) in [6.07, 6.45) is 5.75. The highest BCUT2D eigenvalue weighted by Crippen LogP contribution is 2.36. The van der Waals surface area contributed by atoms with E-state index in [0.717, 1.165) is 19.3 Å². The zero-order valence-corrected chi connectivity index (χ0v) is 59.5. The summed E-state index contributed by atoms with van der Waals surface area (Å²) in [4.78, 5) is 25.4. The Hall–Kier alpha value is -2.78. The van der Waals surface area contributed by atoms with Crippen molar-refractivity contribution in [3.63, 3.8) is 0 Å². The summed E-state index contributed by atoms with van der Waals surface area (Å²) in [6, 6.07) is 0. The van der Waals surface area contributed by atoms with Crippen LogP contribution in [0.3, 0.4) is 0 Å². The number of carboxylic acid groups (broad SMARTS) is 1. The van der Waals surface area contributed by atoms with Gasteiger partial charge in [-0.25, -0.2) is 9.59 Å². The number of aliphatic carboxylic acids is 1. The first-order chi connectivity index (χ1) is 44.3. The molecule has 4 aliphatic heterocycles. The van der Waals surface area contributed by atoms with E-state index in [2.05, 4.69) is 0 Å². The van der Waals surface area contributed by atoms with Crippen molar-refractivity contribution in [1.82, 2.24) is 0 Å². The Kier molecular flexibility index (Phi) is 37.1. The van der Waals surface area contributed by atoms with Gasteiger partial charge in [-0.15, -0.1) is 0 Å². The van der Waals surface area contributed by atoms with E-state index >= 15 is 0 Å². The Morgan fingerprint density at radius 1 is 0.521 bits per heavy atom. The summed E-state index contributed by atoms with van der Waals surface area (Å²) >= 11 is 0. The van der Waals surface area contributed by atoms with Crippen LogP contribution in [0, 0.1) is 47.3 Å². The first-order valence-electron chi connectivity index (χ1n) is 35.4. The normalized spacial score (nSPS) is 30.6. The second kappa shape index (κ2) is 41.7. The molecule has 0 aromatic rings. The Bertz CT molecular complexity index is 2270. The van der Waals surface area contributed by atoms with Gasteiger partial charge >= 0.3 is 11.9 Å². The quantitative estimate of drug-likeness (QED) is 0.0157. The lowest BCUT2D eigenvalue weighted by molar-refractivity contribution is -0.158. The molecule has 0 unspecified atom stereocenters. The first-order valence-corrected chi connectivity index (χ1v) is 35.4. The Balaban J connectivity index is 1.34. The van der Waals surface area contributed by atoms with E-state index in [4.69, 9.17) is 37.9 Å². The van der Waals surface area contributed by atoms with Crippen LogP contribution in [0.5, 0.6) is 0 Å². The Morgan fingerprint density at radius 2 is 0.957 bits per heavy atom. The molecule has 2 fully saturated rings. The SMILES string of the molecule is CO[C@H]1C[C@H](CC[C@H](C)[C@H](O)[C@H](C)[C@@H](O)[C@@H](C)[C@H](O)C[C@H](O)[C@H](C)[C@H](C[C@@H]2CC=C[C@@H](C[C@@H](O)C/C=C(\C)C(=O)O[C@@H]([C@@H](C)[C@H](O)C[C@H](O)[C@H](C)[C@H](C[C@@H]3CC=C[C@@H](C[C@@H](O)C/C=C(\C)C(=O)O)O3)OC)[C@@H](C)[C@@H](O)[C@@H](C)CC[C@H]3C[C@H](O)C[C@H](C)O3)O2)OC)O[C@@H](C)C1. The molecule has 0 amide bonds. The number of ether oxygens (including phenoxy) is 8. The van der Waals surface area contributed by atoms with Crippen molar-refractivity contribution in [2.75, 3.05) is 21.3 Å². The van der Waals surface area contributed by atoms with Gasteiger partial charge in [-0.05, 0) is 129 Å². The molecule has 21 heteroatoms. The molecule has 0 aromatic carbocycles. The molecular weight excluding hydrogens is 1210 g/mol. The van der Waals surface area contributed by atoms with Crippen molar-refractivity contribution in [3.05, 3.63) is 47.6 Å². The summed E-state index contributed by atoms with van der Waals surface area (Å²) in [5.41, 5.74) is 0.354. The van der Waals surface area contributed by atoms with Crippen LogP contribution in [0.1, 0.15) is 199 Å². The number of aliphatic hydroxyl groups excluding tert-OH is 10. The predicted octanol–water partition coefficient (Wildman–Crippen LogP) is 7.86. The molecule has 4 rings (SSSR count). The molecule has 94 heavy (non-hydrogen) atoms. The fourth-order valence-electron chi connectivity index (χ4n) is 14.5. The number of methoxy groups -OCH3 is 3. The highest BCUT2D eigenvalue weighted by atomic mass is 16.6. The second-order valence-corrected chi connectivity index (χ2v) is 29.2. The molecule has 0 aromatic heterocycles. The fraction of sp³-hybridized carbons (Fsp3) is 0.863. The van der Waals surface area contributed by atoms with E-state index in [9.17, 15) is 65.8 Å². The standard InChI is InChI=1S/C73H128O21/c1-40(25-29-60-35-61(87-13)31-45(6)91-60)68(81)50(11)70(83)48(9)64(79)38-62(77)46(7)66(88-14)36-57-21-17-19-56(93-57)33-53(75)27-23-43(4)73(86)94-71(51(12)69(82)41(2)24-28-59-34-54(76)30-44(5)90-59)49(10)65(80)39-63(78)47(8)67(89-15)37-58-20-16-18-55(92-58)32-52(74)26-22-42(3)72(84)85/h16-19,22-23,40-41,44-71,74-83H,20-21,24-39H2,1-15H3,(H,84,85)/b42-22+,43-23+/t40-,41-,44-,45-,46-,47-,48-,49-,50-,51-,52-,53-,54+,55-,56-,57-,58-,59-,60-,61+,62-,63-,64+,65+,66-,67-,68-,69-,70-,71-/m0/s1. The van der Waals surface area contributed by atoms with Gasteiger partial charge in [0.05, 0.1) is 128 Å². The van der Waals surface area contributed by atoms with Crippen LogP contribution in [-0.4, -0.2) is 224 Å². The summed E-state index contributed by atoms with van der Waals surface area (Å²) in [6.45, 7) is 21.6. The van der Waals surface area contributed by atoms with Crippen LogP contribution in [0.4, 0.5) is 0 Å². The first kappa shape index (κ1) is 83.6. The molecular formula is C73H128O21. The minimum Gasteiger partial charge on any atom is -0.478 e. The van der Waals surface area contributed by atoms with E-state index in [1.54, 1.807) is 62.0 Å². The molecule has 21 nitrogen and oxygen atoms in total. The van der Waals surface area contributed by atoms with Gasteiger partial charge in [0.2, 0.25) is 0 Å². The third-order valence-electron chi connectivity index (χ3n) is 21.4. The molecule has 11 N–H and O–H groups in total. The number of hydrogen-bond acceptors (Lipinski definition) is 20. The topological polar surface area (TPSA) is 331 Å².